The van der Waals surface area contributed by atoms with E-state index in [4.69, 9.17) is 10.2 Å². The van der Waals surface area contributed by atoms with Gasteiger partial charge in [0.05, 0.1) is 0 Å². The summed E-state index contributed by atoms with van der Waals surface area (Å²) in [7, 11) is 0. The van der Waals surface area contributed by atoms with Crippen molar-refractivity contribution in [1.82, 2.24) is 5.32 Å². The predicted molar refractivity (Wildman–Crippen MR) is 43.1 cm³/mol. The monoisotopic (exact) mass is 241 g/mol. The van der Waals surface area contributed by atoms with Crippen LogP contribution in [0.15, 0.2) is 0 Å². The minimum absolute atomic E-state index is 0.208. The molecule has 0 aromatic carbocycles. The third kappa shape index (κ3) is 5.12. The van der Waals surface area contributed by atoms with E-state index >= 15 is 0 Å². The van der Waals surface area contributed by atoms with Crippen LogP contribution >= 0.6 is 0 Å². The maximum absolute atomic E-state index is 10.8. The molecule has 5 nitrogen and oxygen atoms in total. The molecule has 1 amide bonds. The van der Waals surface area contributed by atoms with Gasteiger partial charge in [-0.15, -0.1) is 0 Å². The van der Waals surface area contributed by atoms with Crippen molar-refractivity contribution in [2.24, 2.45) is 0 Å². The molecular weight excluding hydrogens is 229 g/mol. The van der Waals surface area contributed by atoms with Gasteiger partial charge < -0.3 is 0 Å². The summed E-state index contributed by atoms with van der Waals surface area (Å²) in [6, 6.07) is 0. The Morgan fingerprint density at radius 1 is 1.58 bits per heavy atom. The van der Waals surface area contributed by atoms with Gasteiger partial charge in [0.2, 0.25) is 0 Å². The van der Waals surface area contributed by atoms with E-state index in [0.717, 1.165) is 0 Å². The Kier molecular flexibility index (Phi) is 5.70. The molecule has 0 rings (SSSR count). The van der Waals surface area contributed by atoms with Gasteiger partial charge >= 0.3 is 75.7 Å². The van der Waals surface area contributed by atoms with Crippen molar-refractivity contribution >= 4 is 26.8 Å². The van der Waals surface area contributed by atoms with E-state index in [-0.39, 0.29) is 15.0 Å². The molecule has 6 heteroatoms. The molecule has 0 spiro atoms. The third-order valence-corrected chi connectivity index (χ3v) is 2.40. The van der Waals surface area contributed by atoms with E-state index < -0.39 is 24.5 Å². The molecule has 0 aliphatic rings. The van der Waals surface area contributed by atoms with E-state index in [2.05, 4.69) is 5.32 Å². The van der Waals surface area contributed by atoms with E-state index in [1.54, 1.807) is 0 Å². The SMILES string of the molecule is C[Se]CC(O)C(=O)NCC(=O)O. The van der Waals surface area contributed by atoms with E-state index in [1.165, 1.54) is 0 Å². The molecule has 0 aliphatic heterocycles. The summed E-state index contributed by atoms with van der Waals surface area (Å²) in [6.45, 7) is -0.438. The first kappa shape index (κ1) is 11.4. The topological polar surface area (TPSA) is 86.6 Å². The molecule has 0 aromatic heterocycles. The second-order valence-electron chi connectivity index (χ2n) is 2.08. The van der Waals surface area contributed by atoms with Crippen molar-refractivity contribution in [3.8, 4) is 0 Å². The van der Waals surface area contributed by atoms with Crippen LogP contribution in [0.25, 0.3) is 0 Å². The van der Waals surface area contributed by atoms with Crippen LogP contribution in [0, 0.1) is 0 Å². The van der Waals surface area contributed by atoms with Gasteiger partial charge in [0.1, 0.15) is 0 Å². The number of aliphatic carboxylic acids is 1. The summed E-state index contributed by atoms with van der Waals surface area (Å²) >= 11 is 0.208. The van der Waals surface area contributed by atoms with Gasteiger partial charge in [-0.1, -0.05) is 0 Å². The number of amides is 1. The average molecular weight is 240 g/mol. The first-order valence-electron chi connectivity index (χ1n) is 3.24. The fourth-order valence-corrected chi connectivity index (χ4v) is 1.49. The molecule has 0 saturated carbocycles. The van der Waals surface area contributed by atoms with Gasteiger partial charge in [-0.2, -0.15) is 0 Å². The van der Waals surface area contributed by atoms with Crippen LogP contribution in [0.4, 0.5) is 0 Å². The Morgan fingerprint density at radius 3 is 2.58 bits per heavy atom. The number of carbonyl (C=O) groups excluding carboxylic acids is 1. The second-order valence-corrected chi connectivity index (χ2v) is 3.99. The van der Waals surface area contributed by atoms with Crippen LogP contribution in [0.2, 0.25) is 11.1 Å². The van der Waals surface area contributed by atoms with E-state index in [9.17, 15) is 9.59 Å². The van der Waals surface area contributed by atoms with Gasteiger partial charge in [0.15, 0.2) is 0 Å². The van der Waals surface area contributed by atoms with Crippen molar-refractivity contribution in [2.45, 2.75) is 17.2 Å². The van der Waals surface area contributed by atoms with E-state index in [0.29, 0.717) is 5.32 Å². The van der Waals surface area contributed by atoms with Crippen LogP contribution < -0.4 is 5.32 Å². The molecule has 0 radical (unpaired) electrons. The Bertz CT molecular complexity index is 173. The van der Waals surface area contributed by atoms with Crippen LogP contribution in [0.5, 0.6) is 0 Å². The van der Waals surface area contributed by atoms with Crippen molar-refractivity contribution < 1.29 is 19.8 Å². The number of nitrogens with one attached hydrogen (secondary N) is 1. The normalized spacial score (nSPS) is 12.2. The quantitative estimate of drug-likeness (QED) is 0.522. The number of rotatable bonds is 5. The van der Waals surface area contributed by atoms with Gasteiger partial charge in [0.25, 0.3) is 0 Å². The molecule has 3 N–H and O–H groups in total. The molecule has 1 unspecified atom stereocenters. The average Bonchev–Trinajstić information content (AvgIpc) is 2.00. The Hall–Kier alpha value is -0.581. The number of aliphatic hydroxyl groups is 1. The Morgan fingerprint density at radius 2 is 2.17 bits per heavy atom. The summed E-state index contributed by atoms with van der Waals surface area (Å²) in [5.74, 6) is 0.166. The van der Waals surface area contributed by atoms with Gasteiger partial charge in [-0.3, -0.25) is 0 Å². The molecule has 0 heterocycles. The van der Waals surface area contributed by atoms with Crippen molar-refractivity contribution in [3.05, 3.63) is 0 Å². The van der Waals surface area contributed by atoms with Crippen LogP contribution in [0.3, 0.4) is 0 Å². The van der Waals surface area contributed by atoms with Crippen molar-refractivity contribution in [1.29, 1.82) is 0 Å². The zero-order chi connectivity index (χ0) is 9.56. The third-order valence-electron chi connectivity index (χ3n) is 1.04. The van der Waals surface area contributed by atoms with Crippen molar-refractivity contribution in [3.63, 3.8) is 0 Å². The molecule has 0 aliphatic carbocycles. The zero-order valence-electron chi connectivity index (χ0n) is 6.61. The molecule has 0 saturated heterocycles. The molecule has 0 aromatic rings. The second kappa shape index (κ2) is 5.99. The fraction of sp³-hybridized carbons (Fsp3) is 0.667. The summed E-state index contributed by atoms with van der Waals surface area (Å²) in [5, 5.41) is 19.7. The Labute approximate surface area is 76.3 Å². The molecule has 70 valence electrons. The van der Waals surface area contributed by atoms with Gasteiger partial charge in [-0.05, 0) is 0 Å². The van der Waals surface area contributed by atoms with E-state index in [1.807, 2.05) is 5.82 Å². The molecule has 12 heavy (non-hydrogen) atoms. The summed E-state index contributed by atoms with van der Waals surface area (Å²) < 4.78 is 0. The summed E-state index contributed by atoms with van der Waals surface area (Å²) in [4.78, 5) is 20.8. The number of aliphatic hydroxyl groups excluding tert-OH is 1. The van der Waals surface area contributed by atoms with Gasteiger partial charge in [0, 0.05) is 0 Å². The van der Waals surface area contributed by atoms with Crippen molar-refractivity contribution in [2.75, 3.05) is 6.54 Å². The first-order chi connectivity index (χ1) is 5.57. The first-order valence-corrected chi connectivity index (χ1v) is 6.17. The molecule has 1 atom stereocenters. The molecule has 0 bridgehead atoms. The van der Waals surface area contributed by atoms with Crippen LogP contribution in [-0.4, -0.2) is 49.7 Å². The number of hydrogen-bond donors (Lipinski definition) is 3. The zero-order valence-corrected chi connectivity index (χ0v) is 8.32. The van der Waals surface area contributed by atoms with Crippen LogP contribution in [0.1, 0.15) is 0 Å². The number of carboxylic acids is 1. The standard InChI is InChI=1S/C6H11NO4Se/c1-12-3-4(8)6(11)7-2-5(9)10/h4,8H,2-3H2,1H3,(H,7,11)(H,9,10). The van der Waals surface area contributed by atoms with Gasteiger partial charge in [-0.25, -0.2) is 0 Å². The molecular formula is C6H11NO4Se. The Balaban J connectivity index is 3.64. The predicted octanol–water partition coefficient (Wildman–Crippen LogP) is -1.28. The summed E-state index contributed by atoms with van der Waals surface area (Å²) in [5.41, 5.74) is 0. The minimum atomic E-state index is -1.11. The number of carbonyl (C=O) groups is 2. The van der Waals surface area contributed by atoms with Crippen LogP contribution in [-0.2, 0) is 9.59 Å². The number of hydrogen-bond acceptors (Lipinski definition) is 3. The summed E-state index contributed by atoms with van der Waals surface area (Å²) in [6.07, 6.45) is -1.06. The maximum atomic E-state index is 10.8. The fourth-order valence-electron chi connectivity index (χ4n) is 0.514. The molecule has 0 fully saturated rings. The number of carboxylic acid groups (broad SMARTS) is 1.